The van der Waals surface area contributed by atoms with Crippen LogP contribution in [0.1, 0.15) is 47.0 Å². The van der Waals surface area contributed by atoms with Gasteiger partial charge >= 0.3 is 5.97 Å². The molecule has 1 aromatic rings. The molecule has 28 heavy (non-hydrogen) atoms. The fraction of sp³-hybridized carbons (Fsp3) is 0.565. The summed E-state index contributed by atoms with van der Waals surface area (Å²) in [5.41, 5.74) is 2.11. The number of carbonyl (C=O) groups excluding carboxylic acids is 1. The number of carbonyl (C=O) groups is 1. The van der Waals surface area contributed by atoms with Crippen molar-refractivity contribution in [2.75, 3.05) is 5.75 Å². The molecule has 3 rings (SSSR count). The van der Waals surface area contributed by atoms with Crippen molar-refractivity contribution >= 4 is 15.8 Å². The molecule has 152 valence electrons. The number of rotatable bonds is 6. The first-order valence-corrected chi connectivity index (χ1v) is 11.6. The van der Waals surface area contributed by atoms with Crippen molar-refractivity contribution in [3.8, 4) is 0 Å². The Morgan fingerprint density at radius 2 is 1.96 bits per heavy atom. The second-order valence-electron chi connectivity index (χ2n) is 9.07. The van der Waals surface area contributed by atoms with E-state index >= 15 is 0 Å². The Bertz CT molecular complexity index is 892. The molecular formula is C23H30O4S. The molecule has 0 unspecified atom stereocenters. The predicted molar refractivity (Wildman–Crippen MR) is 109 cm³/mol. The molecule has 0 heterocycles. The van der Waals surface area contributed by atoms with Crippen LogP contribution in [0.2, 0.25) is 0 Å². The van der Waals surface area contributed by atoms with Crippen LogP contribution in [-0.4, -0.2) is 26.2 Å². The van der Waals surface area contributed by atoms with Gasteiger partial charge in [-0.05, 0) is 54.7 Å². The second kappa shape index (κ2) is 7.53. The molecule has 0 aromatic heterocycles. The van der Waals surface area contributed by atoms with Gasteiger partial charge in [-0.2, -0.15) is 0 Å². The number of hydrogen-bond acceptors (Lipinski definition) is 4. The third kappa shape index (κ3) is 3.70. The minimum Gasteiger partial charge on any atom is -0.458 e. The number of fused-ring (bicyclic) bond motifs is 2. The van der Waals surface area contributed by atoms with Gasteiger partial charge in [0.1, 0.15) is 6.10 Å². The lowest BCUT2D eigenvalue weighted by molar-refractivity contribution is -0.150. The minimum atomic E-state index is -3.48. The van der Waals surface area contributed by atoms with E-state index in [1.54, 1.807) is 24.3 Å². The van der Waals surface area contributed by atoms with Gasteiger partial charge in [-0.15, -0.1) is 5.73 Å². The Hall–Kier alpha value is -1.84. The van der Waals surface area contributed by atoms with Gasteiger partial charge in [-0.3, -0.25) is 0 Å². The van der Waals surface area contributed by atoms with E-state index in [1.807, 2.05) is 26.0 Å². The molecule has 3 atom stereocenters. The zero-order valence-corrected chi connectivity index (χ0v) is 18.0. The van der Waals surface area contributed by atoms with Crippen LogP contribution in [0.15, 0.2) is 53.1 Å². The van der Waals surface area contributed by atoms with Crippen molar-refractivity contribution < 1.29 is 17.9 Å². The van der Waals surface area contributed by atoms with Crippen molar-refractivity contribution in [3.63, 3.8) is 0 Å². The quantitative estimate of drug-likeness (QED) is 0.397. The SMILES string of the molecule is CC(C)C=C=CC(=O)O[C@@H]1C[C@H]2CC[C@]1(CS(=O)(=O)c1ccccc1)C2(C)C. The largest absolute Gasteiger partial charge is 0.458 e. The molecule has 0 saturated heterocycles. The summed E-state index contributed by atoms with van der Waals surface area (Å²) in [6.07, 6.45) is 5.21. The van der Waals surface area contributed by atoms with Crippen LogP contribution in [0, 0.1) is 22.7 Å². The summed E-state index contributed by atoms with van der Waals surface area (Å²) in [6, 6.07) is 8.57. The highest BCUT2D eigenvalue weighted by Crippen LogP contribution is 2.67. The average molecular weight is 403 g/mol. The number of sulfone groups is 1. The lowest BCUT2D eigenvalue weighted by atomic mass is 9.69. The molecule has 2 bridgehead atoms. The van der Waals surface area contributed by atoms with Gasteiger partial charge in [0.25, 0.3) is 0 Å². The molecule has 0 radical (unpaired) electrons. The minimum absolute atomic E-state index is 0.0109. The van der Waals surface area contributed by atoms with Crippen LogP contribution >= 0.6 is 0 Å². The summed E-state index contributed by atoms with van der Waals surface area (Å²) in [5.74, 6) is 0.234. The first kappa shape index (κ1) is 20.9. The van der Waals surface area contributed by atoms with Crippen molar-refractivity contribution in [3.05, 3.63) is 48.2 Å². The molecule has 2 aliphatic carbocycles. The Kier molecular flexibility index (Phi) is 5.62. The summed E-state index contributed by atoms with van der Waals surface area (Å²) in [5, 5.41) is 0. The first-order chi connectivity index (χ1) is 13.1. The topological polar surface area (TPSA) is 60.4 Å². The van der Waals surface area contributed by atoms with E-state index in [9.17, 15) is 13.2 Å². The van der Waals surface area contributed by atoms with E-state index in [0.717, 1.165) is 19.3 Å². The van der Waals surface area contributed by atoms with Crippen LogP contribution in [0.5, 0.6) is 0 Å². The van der Waals surface area contributed by atoms with Gasteiger partial charge in [0, 0.05) is 5.41 Å². The fourth-order valence-corrected chi connectivity index (χ4v) is 7.16. The molecule has 2 aliphatic rings. The third-order valence-corrected chi connectivity index (χ3v) is 8.68. The lowest BCUT2D eigenvalue weighted by Gasteiger charge is -2.41. The smallest absolute Gasteiger partial charge is 0.338 e. The van der Waals surface area contributed by atoms with E-state index in [0.29, 0.717) is 16.7 Å². The maximum atomic E-state index is 13.2. The van der Waals surface area contributed by atoms with E-state index < -0.39 is 21.2 Å². The van der Waals surface area contributed by atoms with Crippen molar-refractivity contribution in [1.29, 1.82) is 0 Å². The first-order valence-electron chi connectivity index (χ1n) is 9.99. The van der Waals surface area contributed by atoms with Crippen LogP contribution in [0.3, 0.4) is 0 Å². The highest BCUT2D eigenvalue weighted by molar-refractivity contribution is 7.91. The molecule has 0 spiro atoms. The molecule has 5 heteroatoms. The highest BCUT2D eigenvalue weighted by Gasteiger charge is 2.66. The normalized spacial score (nSPS) is 28.0. The van der Waals surface area contributed by atoms with E-state index in [-0.39, 0.29) is 17.3 Å². The summed E-state index contributed by atoms with van der Waals surface area (Å²) in [4.78, 5) is 12.7. The van der Waals surface area contributed by atoms with Gasteiger partial charge < -0.3 is 4.74 Å². The second-order valence-corrected chi connectivity index (χ2v) is 11.1. The Balaban J connectivity index is 1.88. The van der Waals surface area contributed by atoms with Gasteiger partial charge in [-0.1, -0.05) is 45.9 Å². The summed E-state index contributed by atoms with van der Waals surface area (Å²) < 4.78 is 32.1. The lowest BCUT2D eigenvalue weighted by Crippen LogP contribution is -2.46. The van der Waals surface area contributed by atoms with Crippen LogP contribution < -0.4 is 0 Å². The van der Waals surface area contributed by atoms with Crippen molar-refractivity contribution in [1.82, 2.24) is 0 Å². The van der Waals surface area contributed by atoms with Crippen molar-refractivity contribution in [2.24, 2.45) is 22.7 Å². The maximum Gasteiger partial charge on any atom is 0.338 e. The van der Waals surface area contributed by atoms with Crippen molar-refractivity contribution in [2.45, 2.75) is 58.0 Å². The fourth-order valence-electron chi connectivity index (χ4n) is 5.04. The maximum absolute atomic E-state index is 13.2. The molecule has 4 nitrogen and oxygen atoms in total. The number of ether oxygens (including phenoxy) is 1. The van der Waals surface area contributed by atoms with Gasteiger partial charge in [0.05, 0.1) is 16.7 Å². The summed E-state index contributed by atoms with van der Waals surface area (Å²) in [6.45, 7) is 8.28. The highest BCUT2D eigenvalue weighted by atomic mass is 32.2. The Morgan fingerprint density at radius 1 is 1.29 bits per heavy atom. The molecular weight excluding hydrogens is 372 g/mol. The zero-order valence-electron chi connectivity index (χ0n) is 17.1. The predicted octanol–water partition coefficient (Wildman–Crippen LogP) is 4.57. The monoisotopic (exact) mass is 402 g/mol. The van der Waals surface area contributed by atoms with E-state index in [1.165, 1.54) is 6.08 Å². The molecule has 2 fully saturated rings. The molecule has 0 amide bonds. The third-order valence-electron chi connectivity index (χ3n) is 6.80. The summed E-state index contributed by atoms with van der Waals surface area (Å²) in [7, 11) is -3.48. The van der Waals surface area contributed by atoms with E-state index in [2.05, 4.69) is 19.6 Å². The summed E-state index contributed by atoms with van der Waals surface area (Å²) >= 11 is 0. The molecule has 0 N–H and O–H groups in total. The standard InChI is InChI=1S/C23H30O4S/c1-17(2)9-8-12-21(24)27-20-15-18-13-14-23(20,22(18,3)4)16-28(25,26)19-10-6-5-7-11-19/h5-7,9-12,17-18,20H,13-16H2,1-4H3/t8?,18-,20-,23-/m1/s1. The zero-order chi connectivity index (χ0) is 20.6. The van der Waals surface area contributed by atoms with E-state index in [4.69, 9.17) is 4.74 Å². The number of esters is 1. The number of benzene rings is 1. The van der Waals surface area contributed by atoms with Gasteiger partial charge in [0.15, 0.2) is 9.84 Å². The van der Waals surface area contributed by atoms with Gasteiger partial charge in [0.2, 0.25) is 0 Å². The average Bonchev–Trinajstić information content (AvgIpc) is 2.96. The van der Waals surface area contributed by atoms with Gasteiger partial charge in [-0.25, -0.2) is 13.2 Å². The Labute approximate surface area is 168 Å². The molecule has 1 aromatic carbocycles. The van der Waals surface area contributed by atoms with Crippen LogP contribution in [0.4, 0.5) is 0 Å². The molecule has 2 saturated carbocycles. The van der Waals surface area contributed by atoms with Crippen LogP contribution in [-0.2, 0) is 19.4 Å². The molecule has 0 aliphatic heterocycles. The number of hydrogen-bond donors (Lipinski definition) is 0. The Morgan fingerprint density at radius 3 is 2.57 bits per heavy atom. The van der Waals surface area contributed by atoms with Crippen LogP contribution in [0.25, 0.3) is 0 Å².